The average Bonchev–Trinajstić information content (AvgIpc) is 2.74. The molecule has 0 aliphatic heterocycles. The van der Waals surface area contributed by atoms with E-state index in [0.717, 1.165) is 16.9 Å². The second-order valence-corrected chi connectivity index (χ2v) is 6.02. The molecule has 1 aromatic carbocycles. The van der Waals surface area contributed by atoms with E-state index in [-0.39, 0.29) is 11.7 Å². The van der Waals surface area contributed by atoms with Crippen LogP contribution in [-0.2, 0) is 20.9 Å². The highest BCUT2D eigenvalue weighted by Crippen LogP contribution is 2.29. The Bertz CT molecular complexity index is 502. The Morgan fingerprint density at radius 3 is 2.62 bits per heavy atom. The minimum absolute atomic E-state index is 0.0872. The van der Waals surface area contributed by atoms with E-state index >= 15 is 0 Å². The molecule has 1 aliphatic rings. The van der Waals surface area contributed by atoms with E-state index in [9.17, 15) is 4.79 Å². The monoisotopic (exact) mass is 288 g/mol. The number of rotatable bonds is 7. The topological polar surface area (TPSA) is 35.5 Å². The number of hydrogen-bond donors (Lipinski definition) is 0. The van der Waals surface area contributed by atoms with E-state index in [1.807, 2.05) is 37.3 Å². The summed E-state index contributed by atoms with van der Waals surface area (Å²) in [6, 6.07) is 10.0. The van der Waals surface area contributed by atoms with E-state index in [1.165, 1.54) is 0 Å². The molecule has 0 bridgehead atoms. The molecular weight excluding hydrogens is 264 g/mol. The van der Waals surface area contributed by atoms with E-state index in [1.54, 1.807) is 0 Å². The number of Topliss-reactive ketones (excluding diaryl/α,β-unsaturated/α-hetero) is 1. The fraction of sp³-hybridized carbons (Fsp3) is 0.500. The van der Waals surface area contributed by atoms with Crippen LogP contribution in [0.1, 0.15) is 32.8 Å². The van der Waals surface area contributed by atoms with Gasteiger partial charge in [0.05, 0.1) is 25.7 Å². The molecule has 2 rings (SSSR count). The molecule has 21 heavy (non-hydrogen) atoms. The zero-order chi connectivity index (χ0) is 15.2. The predicted octanol–water partition coefficient (Wildman–Crippen LogP) is 3.74. The van der Waals surface area contributed by atoms with Crippen LogP contribution in [0.4, 0.5) is 0 Å². The van der Waals surface area contributed by atoms with Gasteiger partial charge in [-0.05, 0) is 18.4 Å². The first-order chi connectivity index (χ1) is 10.1. The summed E-state index contributed by atoms with van der Waals surface area (Å²) in [5.41, 5.74) is 1.90. The molecule has 0 saturated carbocycles. The lowest BCUT2D eigenvalue weighted by atomic mass is 10.1. The molecule has 1 unspecified atom stereocenters. The first-order valence-corrected chi connectivity index (χ1v) is 7.56. The van der Waals surface area contributed by atoms with Gasteiger partial charge >= 0.3 is 0 Å². The lowest BCUT2D eigenvalue weighted by molar-refractivity contribution is -0.120. The Kier molecular flexibility index (Phi) is 5.57. The Labute approximate surface area is 127 Å². The number of ether oxygens (including phenoxy) is 2. The molecule has 0 saturated heterocycles. The Balaban J connectivity index is 1.80. The standard InChI is InChI=1S/C18H24O3/c1-13(2)10-21-17-9-16(18(19)14(17)3)12-20-11-15-7-5-4-6-8-15/h4-8,13,16H,9-12H2,1-3H3. The summed E-state index contributed by atoms with van der Waals surface area (Å²) in [6.07, 6.45) is 0.673. The highest BCUT2D eigenvalue weighted by molar-refractivity contribution is 5.99. The molecule has 0 fully saturated rings. The van der Waals surface area contributed by atoms with Crippen molar-refractivity contribution >= 4 is 5.78 Å². The van der Waals surface area contributed by atoms with Crippen molar-refractivity contribution in [3.63, 3.8) is 0 Å². The molecule has 1 aliphatic carbocycles. The van der Waals surface area contributed by atoms with Crippen molar-refractivity contribution in [2.24, 2.45) is 11.8 Å². The van der Waals surface area contributed by atoms with Gasteiger partial charge in [-0.2, -0.15) is 0 Å². The second kappa shape index (κ2) is 7.41. The predicted molar refractivity (Wildman–Crippen MR) is 82.7 cm³/mol. The van der Waals surface area contributed by atoms with Crippen LogP contribution in [0.15, 0.2) is 41.7 Å². The molecule has 0 aromatic heterocycles. The summed E-state index contributed by atoms with van der Waals surface area (Å²) in [6.45, 7) is 7.73. The molecule has 1 atom stereocenters. The van der Waals surface area contributed by atoms with Crippen LogP contribution in [0.5, 0.6) is 0 Å². The third kappa shape index (κ3) is 4.43. The van der Waals surface area contributed by atoms with Gasteiger partial charge in [0, 0.05) is 12.0 Å². The third-order valence-corrected chi connectivity index (χ3v) is 3.61. The van der Waals surface area contributed by atoms with Crippen LogP contribution in [-0.4, -0.2) is 19.0 Å². The van der Waals surface area contributed by atoms with Crippen molar-refractivity contribution in [2.45, 2.75) is 33.8 Å². The van der Waals surface area contributed by atoms with Gasteiger partial charge < -0.3 is 9.47 Å². The van der Waals surface area contributed by atoms with Crippen LogP contribution in [0.3, 0.4) is 0 Å². The van der Waals surface area contributed by atoms with Crippen molar-refractivity contribution < 1.29 is 14.3 Å². The molecule has 3 heteroatoms. The summed E-state index contributed by atoms with van der Waals surface area (Å²) < 4.78 is 11.4. The number of ketones is 1. The van der Waals surface area contributed by atoms with Crippen LogP contribution in [0, 0.1) is 11.8 Å². The summed E-state index contributed by atoms with van der Waals surface area (Å²) in [5, 5.41) is 0. The molecule has 0 spiro atoms. The molecular formula is C18H24O3. The summed E-state index contributed by atoms with van der Waals surface area (Å²) >= 11 is 0. The number of allylic oxidation sites excluding steroid dienone is 2. The number of hydrogen-bond acceptors (Lipinski definition) is 3. The van der Waals surface area contributed by atoms with Gasteiger partial charge in [-0.25, -0.2) is 0 Å². The fourth-order valence-corrected chi connectivity index (χ4v) is 2.38. The Morgan fingerprint density at radius 2 is 1.95 bits per heavy atom. The third-order valence-electron chi connectivity index (χ3n) is 3.61. The van der Waals surface area contributed by atoms with E-state index < -0.39 is 0 Å². The summed E-state index contributed by atoms with van der Waals surface area (Å²) in [4.78, 5) is 12.2. The Hall–Kier alpha value is -1.61. The molecule has 114 valence electrons. The first kappa shape index (κ1) is 15.8. The van der Waals surface area contributed by atoms with E-state index in [4.69, 9.17) is 9.47 Å². The normalized spacial score (nSPS) is 18.7. The maximum atomic E-state index is 12.2. The van der Waals surface area contributed by atoms with Crippen molar-refractivity contribution in [3.05, 3.63) is 47.2 Å². The Morgan fingerprint density at radius 1 is 1.24 bits per heavy atom. The molecule has 0 amide bonds. The maximum absolute atomic E-state index is 12.2. The van der Waals surface area contributed by atoms with Gasteiger partial charge in [-0.3, -0.25) is 4.79 Å². The lowest BCUT2D eigenvalue weighted by Gasteiger charge is -2.12. The van der Waals surface area contributed by atoms with Crippen molar-refractivity contribution in [3.8, 4) is 0 Å². The molecule has 0 heterocycles. The van der Waals surface area contributed by atoms with Crippen LogP contribution < -0.4 is 0 Å². The smallest absolute Gasteiger partial charge is 0.167 e. The minimum atomic E-state index is -0.0872. The fourth-order valence-electron chi connectivity index (χ4n) is 2.38. The summed E-state index contributed by atoms with van der Waals surface area (Å²) in [5.74, 6) is 1.40. The van der Waals surface area contributed by atoms with Crippen molar-refractivity contribution in [1.29, 1.82) is 0 Å². The number of benzene rings is 1. The molecule has 0 N–H and O–H groups in total. The zero-order valence-corrected chi connectivity index (χ0v) is 13.1. The van der Waals surface area contributed by atoms with Gasteiger partial charge in [0.2, 0.25) is 0 Å². The molecule has 3 nitrogen and oxygen atoms in total. The van der Waals surface area contributed by atoms with Gasteiger partial charge in [-0.15, -0.1) is 0 Å². The quantitative estimate of drug-likeness (QED) is 0.766. The van der Waals surface area contributed by atoms with E-state index in [0.29, 0.717) is 32.2 Å². The number of carbonyl (C=O) groups is 1. The van der Waals surface area contributed by atoms with E-state index in [2.05, 4.69) is 13.8 Å². The van der Waals surface area contributed by atoms with Crippen molar-refractivity contribution in [2.75, 3.05) is 13.2 Å². The van der Waals surface area contributed by atoms with Gasteiger partial charge in [-0.1, -0.05) is 44.2 Å². The van der Waals surface area contributed by atoms with Crippen LogP contribution >= 0.6 is 0 Å². The van der Waals surface area contributed by atoms with Crippen LogP contribution in [0.25, 0.3) is 0 Å². The lowest BCUT2D eigenvalue weighted by Crippen LogP contribution is -2.16. The van der Waals surface area contributed by atoms with Gasteiger partial charge in [0.1, 0.15) is 5.76 Å². The average molecular weight is 288 g/mol. The largest absolute Gasteiger partial charge is 0.497 e. The highest BCUT2D eigenvalue weighted by Gasteiger charge is 2.31. The van der Waals surface area contributed by atoms with Crippen LogP contribution in [0.2, 0.25) is 0 Å². The number of carbonyl (C=O) groups excluding carboxylic acids is 1. The first-order valence-electron chi connectivity index (χ1n) is 7.56. The highest BCUT2D eigenvalue weighted by atomic mass is 16.5. The molecule has 0 radical (unpaired) electrons. The van der Waals surface area contributed by atoms with Gasteiger partial charge in [0.15, 0.2) is 5.78 Å². The molecule has 1 aromatic rings. The zero-order valence-electron chi connectivity index (χ0n) is 13.1. The van der Waals surface area contributed by atoms with Crippen molar-refractivity contribution in [1.82, 2.24) is 0 Å². The van der Waals surface area contributed by atoms with Gasteiger partial charge in [0.25, 0.3) is 0 Å². The SMILES string of the molecule is CC1=C(OCC(C)C)CC(COCc2ccccc2)C1=O. The summed E-state index contributed by atoms with van der Waals surface area (Å²) in [7, 11) is 0. The minimum Gasteiger partial charge on any atom is -0.497 e. The maximum Gasteiger partial charge on any atom is 0.167 e. The second-order valence-electron chi connectivity index (χ2n) is 6.02.